The highest BCUT2D eigenvalue weighted by Gasteiger charge is 2.33. The van der Waals surface area contributed by atoms with Crippen molar-refractivity contribution in [3.63, 3.8) is 0 Å². The van der Waals surface area contributed by atoms with E-state index in [2.05, 4.69) is 15.8 Å². The lowest BCUT2D eigenvalue weighted by molar-refractivity contribution is -0.127. The first-order valence-corrected chi connectivity index (χ1v) is 9.72. The minimum Gasteiger partial charge on any atom is -0.477 e. The van der Waals surface area contributed by atoms with Gasteiger partial charge in [-0.3, -0.25) is 14.4 Å². The lowest BCUT2D eigenvalue weighted by Gasteiger charge is -2.34. The van der Waals surface area contributed by atoms with Crippen molar-refractivity contribution in [1.29, 1.82) is 0 Å². The topological polar surface area (TPSA) is 114 Å². The standard InChI is InChI=1S/C18H20N4O5S/c1-11-7-15(21-27-11)20-16(23)9-28-10-17(24)22-8-14(18(25)19-2)26-13-6-4-3-5-12(13)22/h3-7,14H,8-10H2,1-2H3,(H,19,25)(H,20,21,23)/t14-/m1/s1. The number of carbonyl (C=O) groups is 3. The van der Waals surface area contributed by atoms with Crippen molar-refractivity contribution in [1.82, 2.24) is 10.5 Å². The molecule has 0 aliphatic carbocycles. The maximum atomic E-state index is 12.7. The zero-order chi connectivity index (χ0) is 20.1. The molecule has 2 heterocycles. The number of ether oxygens (including phenoxy) is 1. The second kappa shape index (κ2) is 8.79. The number of amides is 3. The Morgan fingerprint density at radius 2 is 2.07 bits per heavy atom. The van der Waals surface area contributed by atoms with Gasteiger partial charge in [0, 0.05) is 13.1 Å². The van der Waals surface area contributed by atoms with Crippen LogP contribution in [0.2, 0.25) is 0 Å². The molecule has 3 amide bonds. The molecule has 0 saturated heterocycles. The quantitative estimate of drug-likeness (QED) is 0.743. The third kappa shape index (κ3) is 4.63. The molecule has 1 aromatic heterocycles. The molecule has 148 valence electrons. The second-order valence-electron chi connectivity index (χ2n) is 6.06. The Hall–Kier alpha value is -3.01. The number of nitrogens with one attached hydrogen (secondary N) is 2. The fourth-order valence-corrected chi connectivity index (χ4v) is 3.37. The summed E-state index contributed by atoms with van der Waals surface area (Å²) in [6.07, 6.45) is -0.785. The number of nitrogens with zero attached hydrogens (tertiary/aromatic N) is 2. The molecule has 1 aliphatic heterocycles. The first-order valence-electron chi connectivity index (χ1n) is 8.56. The average Bonchev–Trinajstić information content (AvgIpc) is 3.10. The van der Waals surface area contributed by atoms with Gasteiger partial charge >= 0.3 is 0 Å². The summed E-state index contributed by atoms with van der Waals surface area (Å²) in [7, 11) is 1.52. The fourth-order valence-electron chi connectivity index (χ4n) is 2.68. The zero-order valence-electron chi connectivity index (χ0n) is 15.4. The monoisotopic (exact) mass is 404 g/mol. The van der Waals surface area contributed by atoms with Gasteiger partial charge in [-0.25, -0.2) is 0 Å². The molecular formula is C18H20N4O5S. The molecule has 0 fully saturated rings. The van der Waals surface area contributed by atoms with Crippen molar-refractivity contribution in [3.8, 4) is 5.75 Å². The molecule has 2 N–H and O–H groups in total. The normalized spacial score (nSPS) is 15.4. The number of benzene rings is 1. The van der Waals surface area contributed by atoms with Crippen LogP contribution in [0.1, 0.15) is 5.76 Å². The predicted molar refractivity (Wildman–Crippen MR) is 104 cm³/mol. The molecule has 0 saturated carbocycles. The van der Waals surface area contributed by atoms with E-state index in [9.17, 15) is 14.4 Å². The van der Waals surface area contributed by atoms with E-state index >= 15 is 0 Å². The SMILES string of the molecule is CNC(=O)[C@H]1CN(C(=O)CSCC(=O)Nc2cc(C)on2)c2ccccc2O1. The minimum atomic E-state index is -0.785. The van der Waals surface area contributed by atoms with Crippen LogP contribution in [0.15, 0.2) is 34.9 Å². The lowest BCUT2D eigenvalue weighted by Crippen LogP contribution is -2.50. The number of anilines is 2. The Labute approximate surface area is 165 Å². The number of para-hydroxylation sites is 2. The van der Waals surface area contributed by atoms with E-state index in [1.807, 2.05) is 0 Å². The van der Waals surface area contributed by atoms with Gasteiger partial charge in [-0.1, -0.05) is 17.3 Å². The maximum Gasteiger partial charge on any atom is 0.262 e. The van der Waals surface area contributed by atoms with E-state index in [4.69, 9.17) is 9.26 Å². The van der Waals surface area contributed by atoms with Gasteiger partial charge in [-0.05, 0) is 19.1 Å². The van der Waals surface area contributed by atoms with Crippen LogP contribution in [0.4, 0.5) is 11.5 Å². The third-order valence-electron chi connectivity index (χ3n) is 3.97. The van der Waals surface area contributed by atoms with Crippen LogP contribution in [-0.2, 0) is 14.4 Å². The summed E-state index contributed by atoms with van der Waals surface area (Å²) in [6, 6.07) is 8.65. The average molecular weight is 404 g/mol. The first-order chi connectivity index (χ1) is 13.5. The number of likely N-dealkylation sites (N-methyl/N-ethyl adjacent to an activating group) is 1. The molecule has 1 atom stereocenters. The van der Waals surface area contributed by atoms with Crippen LogP contribution in [-0.4, -0.2) is 54.1 Å². The predicted octanol–water partition coefficient (Wildman–Crippen LogP) is 1.19. The maximum absolute atomic E-state index is 12.7. The van der Waals surface area contributed by atoms with Crippen molar-refractivity contribution in [2.75, 3.05) is 35.3 Å². The molecule has 3 rings (SSSR count). The van der Waals surface area contributed by atoms with Gasteiger partial charge in [0.1, 0.15) is 11.5 Å². The molecular weight excluding hydrogens is 384 g/mol. The molecule has 10 heteroatoms. The number of rotatable bonds is 6. The van der Waals surface area contributed by atoms with Gasteiger partial charge in [0.15, 0.2) is 11.9 Å². The van der Waals surface area contributed by atoms with Crippen molar-refractivity contribution in [2.45, 2.75) is 13.0 Å². The van der Waals surface area contributed by atoms with Crippen molar-refractivity contribution in [3.05, 3.63) is 36.1 Å². The summed E-state index contributed by atoms with van der Waals surface area (Å²) in [5.74, 6) is 0.779. The summed E-state index contributed by atoms with van der Waals surface area (Å²) in [5, 5.41) is 8.82. The Morgan fingerprint density at radius 3 is 2.79 bits per heavy atom. The molecule has 1 aromatic carbocycles. The highest BCUT2D eigenvalue weighted by Crippen LogP contribution is 2.33. The molecule has 28 heavy (non-hydrogen) atoms. The van der Waals surface area contributed by atoms with Crippen molar-refractivity contribution < 1.29 is 23.6 Å². The Bertz CT molecular complexity index is 884. The summed E-state index contributed by atoms with van der Waals surface area (Å²) in [6.45, 7) is 1.84. The van der Waals surface area contributed by atoms with Crippen LogP contribution >= 0.6 is 11.8 Å². The number of aryl methyl sites for hydroxylation is 1. The van der Waals surface area contributed by atoms with Gasteiger partial charge in [-0.2, -0.15) is 0 Å². The molecule has 0 bridgehead atoms. The highest BCUT2D eigenvalue weighted by molar-refractivity contribution is 8.00. The minimum absolute atomic E-state index is 0.0834. The number of hydrogen-bond acceptors (Lipinski definition) is 7. The first kappa shape index (κ1) is 19.7. The number of hydrogen-bond donors (Lipinski definition) is 2. The van der Waals surface area contributed by atoms with Crippen LogP contribution in [0.25, 0.3) is 0 Å². The largest absolute Gasteiger partial charge is 0.477 e. The van der Waals surface area contributed by atoms with Gasteiger partial charge in [0.2, 0.25) is 11.8 Å². The highest BCUT2D eigenvalue weighted by atomic mass is 32.2. The van der Waals surface area contributed by atoms with E-state index in [-0.39, 0.29) is 35.8 Å². The van der Waals surface area contributed by atoms with Gasteiger partial charge < -0.3 is 24.8 Å². The van der Waals surface area contributed by atoms with Crippen LogP contribution in [0, 0.1) is 6.92 Å². The van der Waals surface area contributed by atoms with E-state index in [1.54, 1.807) is 37.3 Å². The molecule has 9 nitrogen and oxygen atoms in total. The van der Waals surface area contributed by atoms with Crippen molar-refractivity contribution in [2.24, 2.45) is 0 Å². The van der Waals surface area contributed by atoms with E-state index in [0.29, 0.717) is 23.0 Å². The van der Waals surface area contributed by atoms with Gasteiger partial charge in [-0.15, -0.1) is 11.8 Å². The van der Waals surface area contributed by atoms with Crippen LogP contribution in [0.3, 0.4) is 0 Å². The van der Waals surface area contributed by atoms with Crippen LogP contribution < -0.4 is 20.3 Å². The zero-order valence-corrected chi connectivity index (χ0v) is 16.2. The van der Waals surface area contributed by atoms with Crippen LogP contribution in [0.5, 0.6) is 5.75 Å². The van der Waals surface area contributed by atoms with E-state index < -0.39 is 6.10 Å². The molecule has 0 radical (unpaired) electrons. The van der Waals surface area contributed by atoms with Gasteiger partial charge in [0.05, 0.1) is 23.7 Å². The summed E-state index contributed by atoms with van der Waals surface area (Å²) >= 11 is 1.18. The Kier molecular flexibility index (Phi) is 6.19. The Morgan fingerprint density at radius 1 is 1.29 bits per heavy atom. The Balaban J connectivity index is 1.58. The fraction of sp³-hybridized carbons (Fsp3) is 0.333. The molecule has 0 spiro atoms. The summed E-state index contributed by atoms with van der Waals surface area (Å²) in [5.41, 5.74) is 0.607. The number of fused-ring (bicyclic) bond motifs is 1. The number of carbonyl (C=O) groups excluding carboxylic acids is 3. The summed E-state index contributed by atoms with van der Waals surface area (Å²) < 4.78 is 10.6. The smallest absolute Gasteiger partial charge is 0.262 e. The van der Waals surface area contributed by atoms with E-state index in [0.717, 1.165) is 0 Å². The third-order valence-corrected chi connectivity index (χ3v) is 4.89. The number of thioether (sulfide) groups is 1. The van der Waals surface area contributed by atoms with E-state index in [1.165, 1.54) is 23.7 Å². The second-order valence-corrected chi connectivity index (χ2v) is 7.04. The van der Waals surface area contributed by atoms with Gasteiger partial charge in [0.25, 0.3) is 5.91 Å². The molecule has 2 aromatic rings. The molecule has 1 aliphatic rings. The van der Waals surface area contributed by atoms with Crippen molar-refractivity contribution >= 4 is 41.0 Å². The summed E-state index contributed by atoms with van der Waals surface area (Å²) in [4.78, 5) is 38.2. The number of aromatic nitrogens is 1. The molecule has 0 unspecified atom stereocenters. The lowest BCUT2D eigenvalue weighted by atomic mass is 10.2.